The van der Waals surface area contributed by atoms with Gasteiger partial charge < -0.3 is 15.5 Å². The third kappa shape index (κ3) is 5.11. The van der Waals surface area contributed by atoms with Crippen molar-refractivity contribution in [2.75, 3.05) is 23.7 Å². The number of hydrogen-bond acceptors (Lipinski definition) is 4. The third-order valence-electron chi connectivity index (χ3n) is 5.15. The Kier molecular flexibility index (Phi) is 6.61. The summed E-state index contributed by atoms with van der Waals surface area (Å²) in [7, 11) is 0. The third-order valence-corrected chi connectivity index (χ3v) is 5.15. The van der Waals surface area contributed by atoms with E-state index in [0.29, 0.717) is 17.2 Å². The van der Waals surface area contributed by atoms with Gasteiger partial charge >= 0.3 is 0 Å². The Morgan fingerprint density at radius 1 is 0.900 bits per heavy atom. The van der Waals surface area contributed by atoms with E-state index in [-0.39, 0.29) is 23.1 Å². The Hall–Kier alpha value is -3.48. The summed E-state index contributed by atoms with van der Waals surface area (Å²) < 4.78 is 0. The van der Waals surface area contributed by atoms with Gasteiger partial charge in [-0.3, -0.25) is 19.2 Å². The Labute approximate surface area is 175 Å². The van der Waals surface area contributed by atoms with Crippen molar-refractivity contribution in [3.05, 3.63) is 59.7 Å². The van der Waals surface area contributed by atoms with Crippen LogP contribution >= 0.6 is 0 Å². The SMILES string of the molecule is CC(=O)Nc1ccccc1C(=O)C(=O)Nc1ccc(C(=O)N2CCC(C)CC2)cc1. The molecule has 0 aromatic heterocycles. The lowest BCUT2D eigenvalue weighted by Gasteiger charge is -2.30. The van der Waals surface area contributed by atoms with Crippen molar-refractivity contribution in [1.82, 2.24) is 4.90 Å². The molecule has 0 saturated carbocycles. The summed E-state index contributed by atoms with van der Waals surface area (Å²) in [5.74, 6) is -1.31. The molecule has 2 N–H and O–H groups in total. The van der Waals surface area contributed by atoms with E-state index < -0.39 is 11.7 Å². The van der Waals surface area contributed by atoms with Crippen LogP contribution < -0.4 is 10.6 Å². The fraction of sp³-hybridized carbons (Fsp3) is 0.304. The van der Waals surface area contributed by atoms with Gasteiger partial charge in [0.05, 0.1) is 11.3 Å². The van der Waals surface area contributed by atoms with Crippen LogP contribution in [0.3, 0.4) is 0 Å². The highest BCUT2D eigenvalue weighted by Gasteiger charge is 2.22. The number of likely N-dealkylation sites (tertiary alicyclic amines) is 1. The van der Waals surface area contributed by atoms with Crippen molar-refractivity contribution < 1.29 is 19.2 Å². The number of piperidine rings is 1. The molecule has 0 atom stereocenters. The number of ketones is 1. The smallest absolute Gasteiger partial charge is 0.296 e. The molecule has 30 heavy (non-hydrogen) atoms. The topological polar surface area (TPSA) is 95.6 Å². The van der Waals surface area contributed by atoms with Gasteiger partial charge in [0.2, 0.25) is 5.91 Å². The van der Waals surface area contributed by atoms with Crippen molar-refractivity contribution in [2.24, 2.45) is 5.92 Å². The summed E-state index contributed by atoms with van der Waals surface area (Å²) >= 11 is 0. The van der Waals surface area contributed by atoms with Crippen LogP contribution in [0, 0.1) is 5.92 Å². The maximum absolute atomic E-state index is 12.6. The van der Waals surface area contributed by atoms with Gasteiger partial charge in [-0.1, -0.05) is 19.1 Å². The van der Waals surface area contributed by atoms with Gasteiger partial charge in [-0.15, -0.1) is 0 Å². The number of para-hydroxylation sites is 1. The quantitative estimate of drug-likeness (QED) is 0.587. The van der Waals surface area contributed by atoms with Crippen LogP contribution in [0.5, 0.6) is 0 Å². The number of Topliss-reactive ketones (excluding diaryl/α,β-unsaturated/α-hetero) is 1. The van der Waals surface area contributed by atoms with E-state index in [1.165, 1.54) is 13.0 Å². The molecule has 3 rings (SSSR count). The highest BCUT2D eigenvalue weighted by atomic mass is 16.2. The predicted molar refractivity (Wildman–Crippen MR) is 114 cm³/mol. The minimum absolute atomic E-state index is 0.0277. The molecule has 0 bridgehead atoms. The molecule has 1 fully saturated rings. The number of carbonyl (C=O) groups excluding carboxylic acids is 4. The van der Waals surface area contributed by atoms with Crippen LogP contribution in [-0.4, -0.2) is 41.5 Å². The van der Waals surface area contributed by atoms with Crippen LogP contribution in [-0.2, 0) is 9.59 Å². The summed E-state index contributed by atoms with van der Waals surface area (Å²) in [6.07, 6.45) is 2.00. The maximum atomic E-state index is 12.6. The van der Waals surface area contributed by atoms with E-state index in [1.54, 1.807) is 42.5 Å². The van der Waals surface area contributed by atoms with Gasteiger partial charge in [-0.2, -0.15) is 0 Å². The molecule has 3 amide bonds. The van der Waals surface area contributed by atoms with Crippen molar-refractivity contribution in [3.8, 4) is 0 Å². The summed E-state index contributed by atoms with van der Waals surface area (Å²) in [4.78, 5) is 50.7. The van der Waals surface area contributed by atoms with Crippen molar-refractivity contribution in [3.63, 3.8) is 0 Å². The molecular formula is C23H25N3O4. The van der Waals surface area contributed by atoms with Crippen molar-refractivity contribution in [2.45, 2.75) is 26.7 Å². The number of nitrogens with one attached hydrogen (secondary N) is 2. The van der Waals surface area contributed by atoms with Gasteiger partial charge in [0.25, 0.3) is 17.6 Å². The first-order chi connectivity index (χ1) is 14.3. The van der Waals surface area contributed by atoms with Gasteiger partial charge in [0.1, 0.15) is 0 Å². The fourth-order valence-corrected chi connectivity index (χ4v) is 3.38. The molecule has 1 aliphatic heterocycles. The fourth-order valence-electron chi connectivity index (χ4n) is 3.38. The van der Waals surface area contributed by atoms with Crippen molar-refractivity contribution >= 4 is 34.9 Å². The molecule has 2 aromatic carbocycles. The summed E-state index contributed by atoms with van der Waals surface area (Å²) in [5, 5.41) is 5.09. The summed E-state index contributed by atoms with van der Waals surface area (Å²) in [5.41, 5.74) is 1.34. The average molecular weight is 407 g/mol. The molecule has 0 aliphatic carbocycles. The standard InChI is InChI=1S/C23H25N3O4/c1-15-11-13-26(14-12-15)23(30)17-7-9-18(10-8-17)25-22(29)21(28)19-5-3-4-6-20(19)24-16(2)27/h3-10,15H,11-14H2,1-2H3,(H,24,27)(H,25,29). The first-order valence-corrected chi connectivity index (χ1v) is 9.97. The van der Waals surface area contributed by atoms with Gasteiger partial charge in [0.15, 0.2) is 0 Å². The van der Waals surface area contributed by atoms with Crippen LogP contribution in [0.4, 0.5) is 11.4 Å². The number of anilines is 2. The monoisotopic (exact) mass is 407 g/mol. The first kappa shape index (κ1) is 21.2. The zero-order valence-electron chi connectivity index (χ0n) is 17.1. The van der Waals surface area contributed by atoms with E-state index in [0.717, 1.165) is 25.9 Å². The number of carbonyl (C=O) groups is 4. The summed E-state index contributed by atoms with van der Waals surface area (Å²) in [6.45, 7) is 5.02. The predicted octanol–water partition coefficient (Wildman–Crippen LogP) is 3.34. The second kappa shape index (κ2) is 9.35. The Morgan fingerprint density at radius 3 is 2.17 bits per heavy atom. The highest BCUT2D eigenvalue weighted by molar-refractivity contribution is 6.47. The lowest BCUT2D eigenvalue weighted by molar-refractivity contribution is -0.114. The second-order valence-electron chi connectivity index (χ2n) is 7.56. The average Bonchev–Trinajstić information content (AvgIpc) is 2.74. The van der Waals surface area contributed by atoms with Crippen LogP contribution in [0.15, 0.2) is 48.5 Å². The van der Waals surface area contributed by atoms with E-state index in [1.807, 2.05) is 4.90 Å². The number of amides is 3. The van der Waals surface area contributed by atoms with Crippen molar-refractivity contribution in [1.29, 1.82) is 0 Å². The molecule has 1 heterocycles. The van der Waals surface area contributed by atoms with Gasteiger partial charge in [-0.05, 0) is 55.2 Å². The molecule has 7 heteroatoms. The Balaban J connectivity index is 1.65. The largest absolute Gasteiger partial charge is 0.339 e. The number of rotatable bonds is 5. The maximum Gasteiger partial charge on any atom is 0.296 e. The number of hydrogen-bond donors (Lipinski definition) is 2. The van der Waals surface area contributed by atoms with Crippen LogP contribution in [0.1, 0.15) is 47.4 Å². The molecule has 0 spiro atoms. The molecule has 1 saturated heterocycles. The molecule has 1 aliphatic rings. The van der Waals surface area contributed by atoms with Gasteiger partial charge in [0, 0.05) is 31.3 Å². The second-order valence-corrected chi connectivity index (χ2v) is 7.56. The molecule has 0 unspecified atom stereocenters. The normalized spacial score (nSPS) is 14.1. The van der Waals surface area contributed by atoms with E-state index >= 15 is 0 Å². The minimum atomic E-state index is -0.822. The Morgan fingerprint density at radius 2 is 1.53 bits per heavy atom. The number of benzene rings is 2. The lowest BCUT2D eigenvalue weighted by Crippen LogP contribution is -2.37. The van der Waals surface area contributed by atoms with Gasteiger partial charge in [-0.25, -0.2) is 0 Å². The van der Waals surface area contributed by atoms with E-state index in [2.05, 4.69) is 17.6 Å². The zero-order valence-corrected chi connectivity index (χ0v) is 17.1. The molecular weight excluding hydrogens is 382 g/mol. The highest BCUT2D eigenvalue weighted by Crippen LogP contribution is 2.20. The molecule has 0 radical (unpaired) electrons. The number of nitrogens with zero attached hydrogens (tertiary/aromatic N) is 1. The van der Waals surface area contributed by atoms with E-state index in [4.69, 9.17) is 0 Å². The van der Waals surface area contributed by atoms with E-state index in [9.17, 15) is 19.2 Å². The molecule has 156 valence electrons. The summed E-state index contributed by atoms with van der Waals surface area (Å²) in [6, 6.07) is 12.8. The Bertz CT molecular complexity index is 961. The molecule has 7 nitrogen and oxygen atoms in total. The lowest BCUT2D eigenvalue weighted by atomic mass is 9.98. The first-order valence-electron chi connectivity index (χ1n) is 9.97. The van der Waals surface area contributed by atoms with Crippen LogP contribution in [0.2, 0.25) is 0 Å². The zero-order chi connectivity index (χ0) is 21.7. The molecule has 2 aromatic rings. The minimum Gasteiger partial charge on any atom is -0.339 e. The van der Waals surface area contributed by atoms with Crippen LogP contribution in [0.25, 0.3) is 0 Å².